The Morgan fingerprint density at radius 1 is 1.30 bits per heavy atom. The number of Topliss-reactive ketones (excluding diaryl/α,β-unsaturated/α-hetero) is 1. The molecular weight excluding hydrogens is 264 g/mol. The summed E-state index contributed by atoms with van der Waals surface area (Å²) in [6.07, 6.45) is 0. The van der Waals surface area contributed by atoms with E-state index >= 15 is 0 Å². The van der Waals surface area contributed by atoms with Crippen LogP contribution in [0.5, 0.6) is 0 Å². The number of carbonyl (C=O) groups is 4. The highest BCUT2D eigenvalue weighted by atomic mass is 16.4. The van der Waals surface area contributed by atoms with Gasteiger partial charge in [0.1, 0.15) is 12.0 Å². The van der Waals surface area contributed by atoms with Gasteiger partial charge in [0, 0.05) is 5.69 Å². The lowest BCUT2D eigenvalue weighted by Crippen LogP contribution is -2.44. The third-order valence-corrected chi connectivity index (χ3v) is 3.00. The first kappa shape index (κ1) is 13.7. The number of benzene rings is 1. The van der Waals surface area contributed by atoms with Crippen molar-refractivity contribution in [2.24, 2.45) is 0 Å². The van der Waals surface area contributed by atoms with Crippen molar-refractivity contribution in [1.82, 2.24) is 5.32 Å². The highest BCUT2D eigenvalue weighted by Gasteiger charge is 2.39. The molecule has 1 aromatic rings. The van der Waals surface area contributed by atoms with Gasteiger partial charge in [0.25, 0.3) is 5.91 Å². The van der Waals surface area contributed by atoms with Gasteiger partial charge in [0.2, 0.25) is 11.7 Å². The first-order valence-corrected chi connectivity index (χ1v) is 5.89. The van der Waals surface area contributed by atoms with Crippen LogP contribution in [0.25, 0.3) is 0 Å². The Bertz CT molecular complexity index is 611. The number of aliphatic carboxylic acids is 1. The molecule has 1 aliphatic rings. The van der Waals surface area contributed by atoms with Gasteiger partial charge in [-0.05, 0) is 18.6 Å². The smallest absolute Gasteiger partial charge is 0.325 e. The Kier molecular flexibility index (Phi) is 3.51. The number of ketones is 1. The van der Waals surface area contributed by atoms with E-state index in [1.165, 1.54) is 6.92 Å². The number of carbonyl (C=O) groups excluding carboxylic acids is 3. The van der Waals surface area contributed by atoms with Crippen LogP contribution in [0.2, 0.25) is 0 Å². The van der Waals surface area contributed by atoms with Crippen molar-refractivity contribution in [2.45, 2.75) is 18.9 Å². The first-order chi connectivity index (χ1) is 9.41. The third-order valence-electron chi connectivity index (χ3n) is 3.00. The van der Waals surface area contributed by atoms with Crippen molar-refractivity contribution < 1.29 is 24.3 Å². The van der Waals surface area contributed by atoms with Gasteiger partial charge in [0.05, 0.1) is 0 Å². The SMILES string of the molecule is C[C@H](NC(=O)C(=O)[C@H]1C(=O)Nc2ccccc21)C(=O)O. The van der Waals surface area contributed by atoms with Crippen LogP contribution in [0.4, 0.5) is 5.69 Å². The van der Waals surface area contributed by atoms with Gasteiger partial charge in [0.15, 0.2) is 0 Å². The monoisotopic (exact) mass is 276 g/mol. The summed E-state index contributed by atoms with van der Waals surface area (Å²) in [5, 5.41) is 13.2. The molecule has 1 heterocycles. The number of rotatable bonds is 4. The average Bonchev–Trinajstić information content (AvgIpc) is 2.73. The third kappa shape index (κ3) is 2.37. The van der Waals surface area contributed by atoms with Crippen molar-refractivity contribution in [3.05, 3.63) is 29.8 Å². The predicted molar refractivity (Wildman–Crippen MR) is 68.1 cm³/mol. The lowest BCUT2D eigenvalue weighted by atomic mass is 9.95. The zero-order valence-corrected chi connectivity index (χ0v) is 10.5. The van der Waals surface area contributed by atoms with Crippen molar-refractivity contribution >= 4 is 29.3 Å². The van der Waals surface area contributed by atoms with Gasteiger partial charge in [-0.3, -0.25) is 19.2 Å². The van der Waals surface area contributed by atoms with E-state index in [0.717, 1.165) is 0 Å². The minimum Gasteiger partial charge on any atom is -0.480 e. The molecule has 0 unspecified atom stereocenters. The minimum absolute atomic E-state index is 0.417. The molecule has 0 aliphatic carbocycles. The first-order valence-electron chi connectivity index (χ1n) is 5.89. The molecule has 1 aromatic carbocycles. The molecule has 0 bridgehead atoms. The Balaban J connectivity index is 2.19. The molecule has 2 amide bonds. The van der Waals surface area contributed by atoms with Crippen LogP contribution in [0, 0.1) is 0 Å². The molecule has 0 saturated heterocycles. The van der Waals surface area contributed by atoms with Crippen molar-refractivity contribution in [3.63, 3.8) is 0 Å². The second-order valence-electron chi connectivity index (χ2n) is 4.41. The molecular formula is C13H12N2O5. The molecule has 104 valence electrons. The summed E-state index contributed by atoms with van der Waals surface area (Å²) in [7, 11) is 0. The quantitative estimate of drug-likeness (QED) is 0.524. The number of carboxylic acid groups (broad SMARTS) is 1. The fourth-order valence-corrected chi connectivity index (χ4v) is 1.93. The molecule has 3 N–H and O–H groups in total. The highest BCUT2D eigenvalue weighted by Crippen LogP contribution is 2.32. The van der Waals surface area contributed by atoms with Crippen molar-refractivity contribution in [2.75, 3.05) is 5.32 Å². The number of carboxylic acids is 1. The fourth-order valence-electron chi connectivity index (χ4n) is 1.93. The van der Waals surface area contributed by atoms with Gasteiger partial charge in [-0.2, -0.15) is 0 Å². The Hall–Kier alpha value is -2.70. The normalized spacial score (nSPS) is 17.9. The van der Waals surface area contributed by atoms with Gasteiger partial charge < -0.3 is 15.7 Å². The lowest BCUT2D eigenvalue weighted by molar-refractivity contribution is -0.144. The molecule has 0 radical (unpaired) electrons. The summed E-state index contributed by atoms with van der Waals surface area (Å²) in [4.78, 5) is 46.1. The zero-order valence-electron chi connectivity index (χ0n) is 10.5. The molecule has 20 heavy (non-hydrogen) atoms. The molecule has 0 spiro atoms. The largest absolute Gasteiger partial charge is 0.480 e. The van der Waals surface area contributed by atoms with E-state index in [0.29, 0.717) is 11.3 Å². The van der Waals surface area contributed by atoms with Crippen molar-refractivity contribution in [3.8, 4) is 0 Å². The van der Waals surface area contributed by atoms with Crippen LogP contribution in [0.3, 0.4) is 0 Å². The van der Waals surface area contributed by atoms with Crippen LogP contribution in [0.15, 0.2) is 24.3 Å². The van der Waals surface area contributed by atoms with Crippen LogP contribution in [0.1, 0.15) is 18.4 Å². The Morgan fingerprint density at radius 3 is 2.60 bits per heavy atom. The summed E-state index contributed by atoms with van der Waals surface area (Å²) in [6, 6.07) is 5.34. The average molecular weight is 276 g/mol. The van der Waals surface area contributed by atoms with E-state index in [1.807, 2.05) is 5.32 Å². The van der Waals surface area contributed by atoms with E-state index in [1.54, 1.807) is 24.3 Å². The summed E-state index contributed by atoms with van der Waals surface area (Å²) < 4.78 is 0. The molecule has 2 rings (SSSR count). The summed E-state index contributed by atoms with van der Waals surface area (Å²) in [5.74, 6) is -5.14. The molecule has 7 heteroatoms. The van der Waals surface area contributed by atoms with E-state index < -0.39 is 35.5 Å². The second-order valence-corrected chi connectivity index (χ2v) is 4.41. The molecule has 0 saturated carbocycles. The second kappa shape index (κ2) is 5.12. The molecule has 2 atom stereocenters. The topological polar surface area (TPSA) is 113 Å². The number of para-hydroxylation sites is 1. The van der Waals surface area contributed by atoms with Crippen LogP contribution < -0.4 is 10.6 Å². The van der Waals surface area contributed by atoms with E-state index in [9.17, 15) is 19.2 Å². The standard InChI is InChI=1S/C13H12N2O5/c1-6(13(19)20)14-12(18)10(16)9-7-4-2-3-5-8(7)15-11(9)17/h2-6,9H,1H3,(H,14,18)(H,15,17)(H,19,20)/t6-,9-/m0/s1. The van der Waals surface area contributed by atoms with Gasteiger partial charge >= 0.3 is 5.97 Å². The molecule has 1 aliphatic heterocycles. The maximum Gasteiger partial charge on any atom is 0.325 e. The molecule has 0 fully saturated rings. The maximum atomic E-state index is 12.0. The number of nitrogens with one attached hydrogen (secondary N) is 2. The number of hydrogen-bond acceptors (Lipinski definition) is 4. The fraction of sp³-hybridized carbons (Fsp3) is 0.231. The van der Waals surface area contributed by atoms with Gasteiger partial charge in [-0.25, -0.2) is 0 Å². The highest BCUT2D eigenvalue weighted by molar-refractivity contribution is 6.44. The van der Waals surface area contributed by atoms with Gasteiger partial charge in [-0.1, -0.05) is 18.2 Å². The maximum absolute atomic E-state index is 12.0. The lowest BCUT2D eigenvalue weighted by Gasteiger charge is -2.11. The van der Waals surface area contributed by atoms with Gasteiger partial charge in [-0.15, -0.1) is 0 Å². The Morgan fingerprint density at radius 2 is 1.95 bits per heavy atom. The minimum atomic E-state index is -1.26. The molecule has 7 nitrogen and oxygen atoms in total. The van der Waals surface area contributed by atoms with E-state index in [-0.39, 0.29) is 0 Å². The zero-order chi connectivity index (χ0) is 14.9. The number of amides is 2. The number of hydrogen-bond donors (Lipinski definition) is 3. The van der Waals surface area contributed by atoms with Crippen LogP contribution in [-0.2, 0) is 19.2 Å². The van der Waals surface area contributed by atoms with Crippen LogP contribution >= 0.6 is 0 Å². The van der Waals surface area contributed by atoms with E-state index in [2.05, 4.69) is 5.32 Å². The van der Waals surface area contributed by atoms with Crippen LogP contribution in [-0.4, -0.2) is 34.7 Å². The summed E-state index contributed by atoms with van der Waals surface area (Å²) in [5.41, 5.74) is 0.899. The number of anilines is 1. The molecule has 0 aromatic heterocycles. The summed E-state index contributed by atoms with van der Waals surface area (Å²) in [6.45, 7) is 1.23. The van der Waals surface area contributed by atoms with E-state index in [4.69, 9.17) is 5.11 Å². The number of fused-ring (bicyclic) bond motifs is 1. The summed E-state index contributed by atoms with van der Waals surface area (Å²) >= 11 is 0. The Labute approximate surface area is 114 Å². The predicted octanol–water partition coefficient (Wildman–Crippen LogP) is -0.119. The van der Waals surface area contributed by atoms with Crippen molar-refractivity contribution in [1.29, 1.82) is 0 Å².